The van der Waals surface area contributed by atoms with Crippen molar-refractivity contribution in [3.05, 3.63) is 23.9 Å². The number of benzene rings is 1. The molecule has 1 saturated heterocycles. The maximum Gasteiger partial charge on any atom is 0.250 e. The van der Waals surface area contributed by atoms with Gasteiger partial charge in [-0.25, -0.2) is 0 Å². The average Bonchev–Trinajstić information content (AvgIpc) is 2.92. The minimum Gasteiger partial charge on any atom is -0.371 e. The van der Waals surface area contributed by atoms with Crippen molar-refractivity contribution in [2.45, 2.75) is 13.3 Å². The summed E-state index contributed by atoms with van der Waals surface area (Å²) in [6, 6.07) is 3.78. The molecule has 1 aliphatic rings. The molecule has 3 rings (SSSR count). The van der Waals surface area contributed by atoms with Gasteiger partial charge in [0.15, 0.2) is 0 Å². The molecule has 0 radical (unpaired) electrons. The molecule has 1 aliphatic heterocycles. The van der Waals surface area contributed by atoms with Crippen LogP contribution in [0.4, 0.5) is 5.69 Å². The number of carbonyl (C=O) groups is 1. The molecule has 2 heterocycles. The van der Waals surface area contributed by atoms with Gasteiger partial charge in [0.05, 0.1) is 5.56 Å². The molecular weight excluding hydrogens is 240 g/mol. The lowest BCUT2D eigenvalue weighted by Gasteiger charge is -2.19. The molecule has 1 unspecified atom stereocenters. The van der Waals surface area contributed by atoms with Crippen LogP contribution in [-0.2, 0) is 7.05 Å². The van der Waals surface area contributed by atoms with E-state index in [2.05, 4.69) is 16.9 Å². The van der Waals surface area contributed by atoms with E-state index in [4.69, 9.17) is 5.73 Å². The number of nitrogens with two attached hydrogens (primary N) is 1. The van der Waals surface area contributed by atoms with E-state index in [0.29, 0.717) is 17.0 Å². The number of fused-ring (bicyclic) bond motifs is 1. The molecule has 5 heteroatoms. The number of aromatic nitrogens is 2. The van der Waals surface area contributed by atoms with E-state index in [0.717, 1.165) is 24.2 Å². The van der Waals surface area contributed by atoms with E-state index < -0.39 is 5.91 Å². The molecule has 1 aromatic carbocycles. The number of amides is 1. The first kappa shape index (κ1) is 12.0. The van der Waals surface area contributed by atoms with Gasteiger partial charge in [-0.15, -0.1) is 0 Å². The van der Waals surface area contributed by atoms with E-state index in [1.54, 1.807) is 10.7 Å². The fraction of sp³-hybridized carbons (Fsp3) is 0.429. The number of hydrogen-bond donors (Lipinski definition) is 1. The van der Waals surface area contributed by atoms with E-state index in [1.165, 1.54) is 6.42 Å². The number of aryl methyl sites for hydroxylation is 1. The van der Waals surface area contributed by atoms with Gasteiger partial charge in [-0.1, -0.05) is 6.92 Å². The Morgan fingerprint density at radius 1 is 1.47 bits per heavy atom. The Balaban J connectivity index is 2.16. The van der Waals surface area contributed by atoms with Gasteiger partial charge in [0.25, 0.3) is 5.91 Å². The van der Waals surface area contributed by atoms with Crippen LogP contribution in [0.3, 0.4) is 0 Å². The molecule has 1 atom stereocenters. The van der Waals surface area contributed by atoms with E-state index >= 15 is 0 Å². The van der Waals surface area contributed by atoms with Crippen LogP contribution >= 0.6 is 0 Å². The Labute approximate surface area is 112 Å². The molecule has 2 N–H and O–H groups in total. The number of nitrogens with zero attached hydrogens (tertiary/aromatic N) is 3. The van der Waals surface area contributed by atoms with E-state index in [1.807, 2.05) is 19.3 Å². The summed E-state index contributed by atoms with van der Waals surface area (Å²) >= 11 is 0. The number of primary amides is 1. The second-order valence-electron chi connectivity index (χ2n) is 5.40. The highest BCUT2D eigenvalue weighted by atomic mass is 16.1. The van der Waals surface area contributed by atoms with Crippen LogP contribution < -0.4 is 10.6 Å². The van der Waals surface area contributed by atoms with Crippen molar-refractivity contribution < 1.29 is 4.79 Å². The van der Waals surface area contributed by atoms with Gasteiger partial charge in [0.1, 0.15) is 5.52 Å². The third kappa shape index (κ3) is 1.95. The van der Waals surface area contributed by atoms with Gasteiger partial charge in [-0.3, -0.25) is 9.48 Å². The molecule has 1 fully saturated rings. The normalized spacial score (nSPS) is 19.3. The minimum atomic E-state index is -0.426. The average molecular weight is 258 g/mol. The first-order chi connectivity index (χ1) is 9.06. The van der Waals surface area contributed by atoms with Gasteiger partial charge >= 0.3 is 0 Å². The lowest BCUT2D eigenvalue weighted by Crippen LogP contribution is -2.20. The van der Waals surface area contributed by atoms with Crippen molar-refractivity contribution in [2.75, 3.05) is 18.0 Å². The zero-order valence-electron chi connectivity index (χ0n) is 11.3. The Morgan fingerprint density at radius 3 is 2.89 bits per heavy atom. The van der Waals surface area contributed by atoms with Crippen molar-refractivity contribution in [1.82, 2.24) is 9.78 Å². The molecule has 5 nitrogen and oxygen atoms in total. The largest absolute Gasteiger partial charge is 0.371 e. The fourth-order valence-electron chi connectivity index (χ4n) is 2.83. The maximum absolute atomic E-state index is 11.5. The standard InChI is InChI=1S/C14H18N4O/c1-9-5-6-18(7-9)12-4-3-10(14(15)19)13-11(12)8-17(2)16-13/h3-4,8-9H,5-7H2,1-2H3,(H2,15,19). The second-order valence-corrected chi connectivity index (χ2v) is 5.40. The zero-order chi connectivity index (χ0) is 13.6. The lowest BCUT2D eigenvalue weighted by atomic mass is 10.1. The summed E-state index contributed by atoms with van der Waals surface area (Å²) in [4.78, 5) is 13.8. The SMILES string of the molecule is CC1CCN(c2ccc(C(N)=O)c3nn(C)cc23)C1. The molecular formula is C14H18N4O. The first-order valence-electron chi connectivity index (χ1n) is 6.57. The molecule has 100 valence electrons. The summed E-state index contributed by atoms with van der Waals surface area (Å²) in [5.74, 6) is 0.285. The summed E-state index contributed by atoms with van der Waals surface area (Å²) in [6.07, 6.45) is 3.17. The van der Waals surface area contributed by atoms with Gasteiger partial charge in [-0.05, 0) is 24.5 Å². The molecule has 0 aliphatic carbocycles. The first-order valence-corrected chi connectivity index (χ1v) is 6.57. The smallest absolute Gasteiger partial charge is 0.250 e. The van der Waals surface area contributed by atoms with Crippen LogP contribution in [0.15, 0.2) is 18.3 Å². The van der Waals surface area contributed by atoms with Crippen LogP contribution in [-0.4, -0.2) is 28.8 Å². The Bertz CT molecular complexity index is 646. The zero-order valence-corrected chi connectivity index (χ0v) is 11.3. The third-order valence-corrected chi connectivity index (χ3v) is 3.80. The highest BCUT2D eigenvalue weighted by Crippen LogP contribution is 2.32. The van der Waals surface area contributed by atoms with E-state index in [9.17, 15) is 4.79 Å². The predicted octanol–water partition coefficient (Wildman–Crippen LogP) is 1.52. The Hall–Kier alpha value is -2.04. The van der Waals surface area contributed by atoms with Crippen molar-refractivity contribution in [3.8, 4) is 0 Å². The summed E-state index contributed by atoms with van der Waals surface area (Å²) in [7, 11) is 1.86. The van der Waals surface area contributed by atoms with Crippen LogP contribution in [0.5, 0.6) is 0 Å². The van der Waals surface area contributed by atoms with Crippen molar-refractivity contribution in [1.29, 1.82) is 0 Å². The van der Waals surface area contributed by atoms with Crippen LogP contribution in [0.2, 0.25) is 0 Å². The van der Waals surface area contributed by atoms with Gasteiger partial charge in [-0.2, -0.15) is 5.10 Å². The monoisotopic (exact) mass is 258 g/mol. The van der Waals surface area contributed by atoms with Gasteiger partial charge in [0, 0.05) is 37.4 Å². The minimum absolute atomic E-state index is 0.426. The van der Waals surface area contributed by atoms with Crippen LogP contribution in [0.1, 0.15) is 23.7 Å². The molecule has 19 heavy (non-hydrogen) atoms. The molecule has 2 aromatic rings. The molecule has 0 spiro atoms. The Morgan fingerprint density at radius 2 is 2.26 bits per heavy atom. The highest BCUT2D eigenvalue weighted by Gasteiger charge is 2.22. The second kappa shape index (κ2) is 4.26. The van der Waals surface area contributed by atoms with Crippen LogP contribution in [0.25, 0.3) is 10.9 Å². The highest BCUT2D eigenvalue weighted by molar-refractivity contribution is 6.08. The number of rotatable bonds is 2. The van der Waals surface area contributed by atoms with Gasteiger partial charge in [0.2, 0.25) is 0 Å². The molecule has 0 bridgehead atoms. The third-order valence-electron chi connectivity index (χ3n) is 3.80. The van der Waals surface area contributed by atoms with Crippen LogP contribution in [0, 0.1) is 5.92 Å². The quantitative estimate of drug-likeness (QED) is 0.888. The predicted molar refractivity (Wildman–Crippen MR) is 75.2 cm³/mol. The summed E-state index contributed by atoms with van der Waals surface area (Å²) in [5, 5.41) is 5.38. The Kier molecular flexibility index (Phi) is 2.69. The molecule has 1 amide bonds. The summed E-state index contributed by atoms with van der Waals surface area (Å²) in [6.45, 7) is 4.37. The number of hydrogen-bond acceptors (Lipinski definition) is 3. The molecule has 1 aromatic heterocycles. The van der Waals surface area contributed by atoms with Crippen molar-refractivity contribution in [2.24, 2.45) is 18.7 Å². The van der Waals surface area contributed by atoms with Crippen molar-refractivity contribution >= 4 is 22.5 Å². The maximum atomic E-state index is 11.5. The topological polar surface area (TPSA) is 64.2 Å². The summed E-state index contributed by atoms with van der Waals surface area (Å²) in [5.41, 5.74) is 7.76. The van der Waals surface area contributed by atoms with E-state index in [-0.39, 0.29) is 0 Å². The number of carbonyl (C=O) groups excluding carboxylic acids is 1. The summed E-state index contributed by atoms with van der Waals surface area (Å²) < 4.78 is 1.74. The fourth-order valence-corrected chi connectivity index (χ4v) is 2.83. The number of anilines is 1. The van der Waals surface area contributed by atoms with Crippen molar-refractivity contribution in [3.63, 3.8) is 0 Å². The van der Waals surface area contributed by atoms with Gasteiger partial charge < -0.3 is 10.6 Å². The molecule has 0 saturated carbocycles. The lowest BCUT2D eigenvalue weighted by molar-refractivity contribution is 0.100.